The summed E-state index contributed by atoms with van der Waals surface area (Å²) in [7, 11) is 0. The Balaban J connectivity index is -0.0000000556. The van der Waals surface area contributed by atoms with Crippen molar-refractivity contribution < 1.29 is 128 Å². The van der Waals surface area contributed by atoms with Crippen LogP contribution in [0.25, 0.3) is 11.0 Å². The van der Waals surface area contributed by atoms with E-state index in [2.05, 4.69) is 48.6 Å². The molecule has 0 saturated heterocycles. The molecule has 2 radical (unpaired) electrons. The van der Waals surface area contributed by atoms with Gasteiger partial charge in [-0.15, -0.1) is 24.8 Å². The first-order chi connectivity index (χ1) is 15.7. The van der Waals surface area contributed by atoms with E-state index in [0.717, 1.165) is 24.2 Å². The summed E-state index contributed by atoms with van der Waals surface area (Å²) >= 11 is 4.64. The molecule has 2 N–H and O–H groups in total. The van der Waals surface area contributed by atoms with Gasteiger partial charge in [-0.2, -0.15) is 0 Å². The first-order valence-electron chi connectivity index (χ1n) is 10.9. The van der Waals surface area contributed by atoms with Gasteiger partial charge in [0, 0.05) is 170 Å². The molecule has 0 fully saturated rings. The summed E-state index contributed by atoms with van der Waals surface area (Å²) in [6.07, 6.45) is 10.6. The van der Waals surface area contributed by atoms with E-state index < -0.39 is 0 Å². The van der Waals surface area contributed by atoms with Crippen LogP contribution in [0.1, 0.15) is 52.9 Å². The number of nitrogens with zero attached hydrogens (tertiary/aromatic N) is 2. The molecule has 208 valence electrons. The molecule has 6 nitrogen and oxygen atoms in total. The maximum absolute atomic E-state index is 11.2. The Hall–Kier alpha value is 1.32. The topological polar surface area (TPSA) is 74.5 Å². The van der Waals surface area contributed by atoms with Crippen molar-refractivity contribution in [3.05, 3.63) is 109 Å². The monoisotopic (exact) mass is 1150 g/mol. The minimum Gasteiger partial charge on any atom is -0.358 e. The molecule has 0 aliphatic heterocycles. The molecular formula is C27H45ClN4O2U2Y2-2. The van der Waals surface area contributed by atoms with Gasteiger partial charge >= 0.3 is 0 Å². The molecule has 38 heavy (non-hydrogen) atoms. The van der Waals surface area contributed by atoms with Gasteiger partial charge in [0.1, 0.15) is 11.0 Å². The van der Waals surface area contributed by atoms with Crippen LogP contribution in [0.4, 0.5) is 0 Å². The number of halogens is 1. The second-order valence-corrected chi connectivity index (χ2v) is 5.45. The average Bonchev–Trinajstić information content (AvgIpc) is 3.57. The van der Waals surface area contributed by atoms with Crippen molar-refractivity contribution in [1.29, 1.82) is 0 Å². The van der Waals surface area contributed by atoms with Gasteiger partial charge < -0.3 is 33.6 Å². The predicted octanol–water partition coefficient (Wildman–Crippen LogP) is 6.99. The Morgan fingerprint density at radius 1 is 0.711 bits per heavy atom. The molecule has 0 amide bonds. The summed E-state index contributed by atoms with van der Waals surface area (Å²) < 4.78 is 3.83. The summed E-state index contributed by atoms with van der Waals surface area (Å²) in [5.74, 6) is 0. The Labute approximate surface area is 333 Å². The number of alkyl halides is 1. The predicted molar refractivity (Wildman–Crippen MR) is 153 cm³/mol. The molecule has 4 rings (SSSR count). The van der Waals surface area contributed by atoms with Crippen LogP contribution in [0, 0.1) is 77.1 Å². The SMILES string of the molecule is C=C.CC.CC.CCc1c[nH]c(=O)c2cccn12.CCc1c[nH]c(=O)c2cccn12.CCl.[CH3-].[CH3-].[U].[U].[Y].[Y]. The first kappa shape index (κ1) is 58.9. The first-order valence-corrected chi connectivity index (χ1v) is 11.6. The van der Waals surface area contributed by atoms with Gasteiger partial charge in [-0.05, 0) is 37.1 Å². The second-order valence-electron chi connectivity index (χ2n) is 5.45. The molecule has 11 heteroatoms. The van der Waals surface area contributed by atoms with Crippen LogP contribution < -0.4 is 11.1 Å². The molecule has 0 spiro atoms. The fourth-order valence-electron chi connectivity index (χ4n) is 2.76. The average molecular weight is 1150 g/mol. The van der Waals surface area contributed by atoms with Crippen molar-refractivity contribution in [3.8, 4) is 0 Å². The molecule has 0 atom stereocenters. The van der Waals surface area contributed by atoms with Crippen molar-refractivity contribution in [2.75, 3.05) is 6.38 Å². The normalized spacial score (nSPS) is 7.37. The molecule has 0 unspecified atom stereocenters. The van der Waals surface area contributed by atoms with Crippen LogP contribution in [-0.2, 0) is 78.3 Å². The minimum atomic E-state index is -0.0304. The summed E-state index contributed by atoms with van der Waals surface area (Å²) in [4.78, 5) is 27.9. The van der Waals surface area contributed by atoms with Gasteiger partial charge in [0.25, 0.3) is 11.1 Å². The Kier molecular flexibility index (Phi) is 59.4. The number of aromatic nitrogens is 4. The van der Waals surface area contributed by atoms with Crippen LogP contribution in [0.15, 0.2) is 71.8 Å². The third-order valence-electron chi connectivity index (χ3n) is 4.05. The zero-order valence-electron chi connectivity index (χ0n) is 24.7. The van der Waals surface area contributed by atoms with E-state index in [0.29, 0.717) is 11.0 Å². The molecule has 4 aromatic rings. The van der Waals surface area contributed by atoms with Crippen LogP contribution in [0.3, 0.4) is 0 Å². The van der Waals surface area contributed by atoms with Crippen molar-refractivity contribution in [3.63, 3.8) is 0 Å². The summed E-state index contributed by atoms with van der Waals surface area (Å²) in [6, 6.07) is 7.39. The Bertz CT molecular complexity index is 1040. The Morgan fingerprint density at radius 3 is 1.21 bits per heavy atom. The fourth-order valence-corrected chi connectivity index (χ4v) is 2.76. The zero-order chi connectivity index (χ0) is 25.1. The number of hydrogen-bond donors (Lipinski definition) is 2. The van der Waals surface area contributed by atoms with Gasteiger partial charge in [-0.25, -0.2) is 0 Å². The molecule has 0 aliphatic rings. The molecule has 0 bridgehead atoms. The number of nitrogens with one attached hydrogen (secondary N) is 2. The summed E-state index contributed by atoms with van der Waals surface area (Å²) in [5, 5.41) is 0. The molecular weight excluding hydrogens is 1100 g/mol. The Morgan fingerprint density at radius 2 is 0.974 bits per heavy atom. The van der Waals surface area contributed by atoms with Gasteiger partial charge in [0.2, 0.25) is 0 Å². The largest absolute Gasteiger partial charge is 0.358 e. The molecule has 0 saturated carbocycles. The molecule has 0 aromatic carbocycles. The van der Waals surface area contributed by atoms with Gasteiger partial charge in [0.05, 0.1) is 0 Å². The number of hydrogen-bond acceptors (Lipinski definition) is 2. The third-order valence-corrected chi connectivity index (χ3v) is 4.05. The zero-order valence-corrected chi connectivity index (χ0v) is 39.5. The van der Waals surface area contributed by atoms with Crippen LogP contribution in [0.5, 0.6) is 0 Å². The van der Waals surface area contributed by atoms with Gasteiger partial charge in [0.15, 0.2) is 0 Å². The van der Waals surface area contributed by atoms with Gasteiger partial charge in [-0.3, -0.25) is 9.59 Å². The smallest absolute Gasteiger partial charge is 0.272 e. The van der Waals surface area contributed by atoms with Crippen LogP contribution in [-0.4, -0.2) is 25.2 Å². The van der Waals surface area contributed by atoms with Crippen LogP contribution in [0.2, 0.25) is 0 Å². The molecule has 4 aromatic heterocycles. The quantitative estimate of drug-likeness (QED) is 0.129. The van der Waals surface area contributed by atoms with E-state index in [1.165, 1.54) is 6.38 Å². The minimum absolute atomic E-state index is 0. The van der Waals surface area contributed by atoms with E-state index in [9.17, 15) is 9.59 Å². The van der Waals surface area contributed by atoms with Crippen LogP contribution >= 0.6 is 11.6 Å². The van der Waals surface area contributed by atoms with E-state index in [1.807, 2.05) is 73.2 Å². The van der Waals surface area contributed by atoms with E-state index in [-0.39, 0.29) is 154 Å². The number of rotatable bonds is 2. The summed E-state index contributed by atoms with van der Waals surface area (Å²) in [5.41, 5.74) is 3.61. The summed E-state index contributed by atoms with van der Waals surface area (Å²) in [6.45, 7) is 18.1. The molecule has 4 heterocycles. The van der Waals surface area contributed by atoms with E-state index in [4.69, 9.17) is 0 Å². The number of aryl methyl sites for hydroxylation is 2. The van der Waals surface area contributed by atoms with Crippen molar-refractivity contribution >= 4 is 22.6 Å². The van der Waals surface area contributed by atoms with Crippen molar-refractivity contribution in [2.24, 2.45) is 0 Å². The maximum atomic E-state index is 11.2. The number of H-pyrrole nitrogens is 2. The third kappa shape index (κ3) is 18.7. The number of aromatic amines is 2. The van der Waals surface area contributed by atoms with E-state index >= 15 is 0 Å². The standard InChI is InChI=1S/2C9H10N2O.2C2H6.C2H4.CH3Cl.2CH3.2U.2Y/c2*1-2-7-6-10-9(12)8-4-3-5-11(7)8;4*1-2;;;;;;/h2*3-6H,2H2,1H3,(H,10,12);2*1-2H3;1-2H2;1H3;2*1H3;;;;/q;;;;;;2*-1;;;;. The van der Waals surface area contributed by atoms with Crippen molar-refractivity contribution in [2.45, 2.75) is 54.4 Å². The van der Waals surface area contributed by atoms with Gasteiger partial charge in [-0.1, -0.05) is 41.5 Å². The molecule has 0 aliphatic carbocycles. The van der Waals surface area contributed by atoms with E-state index in [1.54, 1.807) is 12.4 Å². The fraction of sp³-hybridized carbons (Fsp3) is 0.333. The maximum Gasteiger partial charge on any atom is 0.272 e. The number of fused-ring (bicyclic) bond motifs is 2. The van der Waals surface area contributed by atoms with Crippen molar-refractivity contribution in [1.82, 2.24) is 18.8 Å². The second kappa shape index (κ2) is 38.3.